The van der Waals surface area contributed by atoms with Gasteiger partial charge in [0.25, 0.3) is 0 Å². The van der Waals surface area contributed by atoms with Crippen LogP contribution in [0, 0.1) is 0 Å². The molecular weight excluding hydrogens is 220 g/mol. The van der Waals surface area contributed by atoms with E-state index >= 15 is 0 Å². The SMILES string of the molecule is NCC(c1ccc(Cl)cc1)N1CCCCC1. The summed E-state index contributed by atoms with van der Waals surface area (Å²) in [6, 6.07) is 8.44. The maximum Gasteiger partial charge on any atom is 0.0470 e. The number of benzene rings is 1. The quantitative estimate of drug-likeness (QED) is 0.878. The third-order valence-electron chi connectivity index (χ3n) is 3.31. The molecule has 2 N–H and O–H groups in total. The molecule has 0 aromatic heterocycles. The van der Waals surface area contributed by atoms with Crippen LogP contribution in [-0.2, 0) is 0 Å². The summed E-state index contributed by atoms with van der Waals surface area (Å²) in [4.78, 5) is 2.49. The summed E-state index contributed by atoms with van der Waals surface area (Å²) < 4.78 is 0. The predicted octanol–water partition coefficient (Wildman–Crippen LogP) is 2.83. The third kappa shape index (κ3) is 2.76. The number of hydrogen-bond acceptors (Lipinski definition) is 2. The Hall–Kier alpha value is -0.570. The predicted molar refractivity (Wildman–Crippen MR) is 68.7 cm³/mol. The number of rotatable bonds is 3. The lowest BCUT2D eigenvalue weighted by Gasteiger charge is -2.34. The first kappa shape index (κ1) is 11.9. The Morgan fingerprint density at radius 2 is 1.75 bits per heavy atom. The smallest absolute Gasteiger partial charge is 0.0470 e. The lowest BCUT2D eigenvalue weighted by molar-refractivity contribution is 0.167. The van der Waals surface area contributed by atoms with Crippen LogP contribution in [0.2, 0.25) is 5.02 Å². The molecule has 1 aliphatic rings. The van der Waals surface area contributed by atoms with Crippen molar-refractivity contribution < 1.29 is 0 Å². The van der Waals surface area contributed by atoms with E-state index in [2.05, 4.69) is 17.0 Å². The Morgan fingerprint density at radius 1 is 1.12 bits per heavy atom. The zero-order valence-electron chi connectivity index (χ0n) is 9.53. The molecule has 0 aliphatic carbocycles. The van der Waals surface area contributed by atoms with E-state index in [0.717, 1.165) is 5.02 Å². The molecule has 1 aliphatic heterocycles. The molecule has 0 spiro atoms. The summed E-state index contributed by atoms with van der Waals surface area (Å²) >= 11 is 5.90. The minimum Gasteiger partial charge on any atom is -0.329 e. The molecule has 1 unspecified atom stereocenters. The fourth-order valence-electron chi connectivity index (χ4n) is 2.41. The van der Waals surface area contributed by atoms with E-state index in [1.54, 1.807) is 0 Å². The minimum absolute atomic E-state index is 0.359. The van der Waals surface area contributed by atoms with Gasteiger partial charge in [0.2, 0.25) is 0 Å². The number of piperidine rings is 1. The Morgan fingerprint density at radius 3 is 2.31 bits per heavy atom. The number of nitrogens with two attached hydrogens (primary N) is 1. The minimum atomic E-state index is 0.359. The highest BCUT2D eigenvalue weighted by molar-refractivity contribution is 6.30. The van der Waals surface area contributed by atoms with Crippen LogP contribution in [0.4, 0.5) is 0 Å². The van der Waals surface area contributed by atoms with Crippen molar-refractivity contribution in [3.05, 3.63) is 34.9 Å². The van der Waals surface area contributed by atoms with Gasteiger partial charge in [-0.1, -0.05) is 30.2 Å². The van der Waals surface area contributed by atoms with Crippen LogP contribution >= 0.6 is 11.6 Å². The molecule has 3 heteroatoms. The topological polar surface area (TPSA) is 29.3 Å². The monoisotopic (exact) mass is 238 g/mol. The van der Waals surface area contributed by atoms with Crippen molar-refractivity contribution in [2.24, 2.45) is 5.73 Å². The van der Waals surface area contributed by atoms with E-state index in [-0.39, 0.29) is 0 Å². The van der Waals surface area contributed by atoms with Gasteiger partial charge in [0.05, 0.1) is 0 Å². The molecule has 1 saturated heterocycles. The van der Waals surface area contributed by atoms with Crippen LogP contribution in [0.1, 0.15) is 30.9 Å². The Labute approximate surface area is 102 Å². The van der Waals surface area contributed by atoms with Gasteiger partial charge >= 0.3 is 0 Å². The zero-order chi connectivity index (χ0) is 11.4. The van der Waals surface area contributed by atoms with Crippen molar-refractivity contribution in [1.29, 1.82) is 0 Å². The summed E-state index contributed by atoms with van der Waals surface area (Å²) in [5.41, 5.74) is 7.18. The molecule has 16 heavy (non-hydrogen) atoms. The van der Waals surface area contributed by atoms with Gasteiger partial charge in [0, 0.05) is 17.6 Å². The van der Waals surface area contributed by atoms with E-state index in [9.17, 15) is 0 Å². The first-order valence-corrected chi connectivity index (χ1v) is 6.38. The molecule has 1 atom stereocenters. The van der Waals surface area contributed by atoms with E-state index in [1.807, 2.05) is 12.1 Å². The summed E-state index contributed by atoms with van der Waals surface area (Å²) in [6.45, 7) is 3.02. The van der Waals surface area contributed by atoms with Gasteiger partial charge in [-0.15, -0.1) is 0 Å². The maximum atomic E-state index is 5.90. The lowest BCUT2D eigenvalue weighted by Crippen LogP contribution is -2.37. The van der Waals surface area contributed by atoms with Gasteiger partial charge in [-0.25, -0.2) is 0 Å². The Balaban J connectivity index is 2.11. The maximum absolute atomic E-state index is 5.90. The standard InChI is InChI=1S/C13H19ClN2/c14-12-6-4-11(5-7-12)13(10-15)16-8-2-1-3-9-16/h4-7,13H,1-3,8-10,15H2. The molecule has 2 nitrogen and oxygen atoms in total. The van der Waals surface area contributed by atoms with Gasteiger partial charge in [-0.3, -0.25) is 4.90 Å². The molecule has 1 aromatic carbocycles. The molecule has 88 valence electrons. The Bertz CT molecular complexity index is 317. The average molecular weight is 239 g/mol. The van der Waals surface area contributed by atoms with Gasteiger partial charge < -0.3 is 5.73 Å². The second-order valence-corrected chi connectivity index (χ2v) is 4.84. The molecule has 2 rings (SSSR count). The van der Waals surface area contributed by atoms with Crippen LogP contribution in [0.25, 0.3) is 0 Å². The van der Waals surface area contributed by atoms with Crippen molar-refractivity contribution in [3.63, 3.8) is 0 Å². The molecule has 1 fully saturated rings. The van der Waals surface area contributed by atoms with Gasteiger partial charge in [0.15, 0.2) is 0 Å². The van der Waals surface area contributed by atoms with Crippen LogP contribution in [0.3, 0.4) is 0 Å². The van der Waals surface area contributed by atoms with Crippen molar-refractivity contribution in [2.75, 3.05) is 19.6 Å². The van der Waals surface area contributed by atoms with Crippen molar-refractivity contribution >= 4 is 11.6 Å². The number of hydrogen-bond donors (Lipinski definition) is 1. The average Bonchev–Trinajstić information content (AvgIpc) is 2.34. The largest absolute Gasteiger partial charge is 0.329 e. The third-order valence-corrected chi connectivity index (χ3v) is 3.56. The molecule has 0 saturated carbocycles. The fraction of sp³-hybridized carbons (Fsp3) is 0.538. The fourth-order valence-corrected chi connectivity index (χ4v) is 2.54. The highest BCUT2D eigenvalue weighted by Crippen LogP contribution is 2.24. The molecule has 0 radical (unpaired) electrons. The van der Waals surface area contributed by atoms with Crippen molar-refractivity contribution in [2.45, 2.75) is 25.3 Å². The van der Waals surface area contributed by atoms with Crippen molar-refractivity contribution in [3.8, 4) is 0 Å². The first-order chi connectivity index (χ1) is 7.81. The van der Waals surface area contributed by atoms with Gasteiger partial charge in [-0.05, 0) is 43.6 Å². The molecule has 0 amide bonds. The summed E-state index contributed by atoms with van der Waals surface area (Å²) in [5.74, 6) is 0. The van der Waals surface area contributed by atoms with Crippen LogP contribution < -0.4 is 5.73 Å². The summed E-state index contributed by atoms with van der Waals surface area (Å²) in [6.07, 6.45) is 3.95. The molecular formula is C13H19ClN2. The lowest BCUT2D eigenvalue weighted by atomic mass is 10.0. The van der Waals surface area contributed by atoms with E-state index < -0.39 is 0 Å². The van der Waals surface area contributed by atoms with E-state index in [1.165, 1.54) is 37.9 Å². The normalized spacial score (nSPS) is 19.6. The van der Waals surface area contributed by atoms with Crippen LogP contribution in [0.15, 0.2) is 24.3 Å². The molecule has 1 heterocycles. The molecule has 0 bridgehead atoms. The highest BCUT2D eigenvalue weighted by Gasteiger charge is 2.20. The van der Waals surface area contributed by atoms with Crippen molar-refractivity contribution in [1.82, 2.24) is 4.90 Å². The van der Waals surface area contributed by atoms with E-state index in [0.29, 0.717) is 12.6 Å². The molecule has 1 aromatic rings. The van der Waals surface area contributed by atoms with E-state index in [4.69, 9.17) is 17.3 Å². The number of halogens is 1. The summed E-state index contributed by atoms with van der Waals surface area (Å²) in [5, 5.41) is 0.790. The van der Waals surface area contributed by atoms with Gasteiger partial charge in [-0.2, -0.15) is 0 Å². The zero-order valence-corrected chi connectivity index (χ0v) is 10.3. The van der Waals surface area contributed by atoms with Crippen LogP contribution in [-0.4, -0.2) is 24.5 Å². The second kappa shape index (κ2) is 5.67. The Kier molecular flexibility index (Phi) is 4.22. The van der Waals surface area contributed by atoms with Crippen LogP contribution in [0.5, 0.6) is 0 Å². The summed E-state index contributed by atoms with van der Waals surface area (Å²) in [7, 11) is 0. The first-order valence-electron chi connectivity index (χ1n) is 6.01. The number of nitrogens with zero attached hydrogens (tertiary/aromatic N) is 1. The highest BCUT2D eigenvalue weighted by atomic mass is 35.5. The second-order valence-electron chi connectivity index (χ2n) is 4.40. The number of likely N-dealkylation sites (tertiary alicyclic amines) is 1. The van der Waals surface area contributed by atoms with Gasteiger partial charge in [0.1, 0.15) is 0 Å².